The quantitative estimate of drug-likeness (QED) is 0.724. The third-order valence-electron chi connectivity index (χ3n) is 3.51. The molecule has 1 aliphatic rings. The smallest absolute Gasteiger partial charge is 0.271 e. The fraction of sp³-hybridized carbons (Fsp3) is 0.667. The lowest BCUT2D eigenvalue weighted by Crippen LogP contribution is -2.46. The van der Waals surface area contributed by atoms with Crippen molar-refractivity contribution in [2.24, 2.45) is 5.73 Å². The number of imidazole rings is 1. The van der Waals surface area contributed by atoms with Crippen molar-refractivity contribution in [3.63, 3.8) is 0 Å². The number of rotatable bonds is 5. The number of hydrogen-bond acceptors (Lipinski definition) is 5. The maximum atomic E-state index is 12.1. The molecule has 0 aliphatic carbocycles. The van der Waals surface area contributed by atoms with Gasteiger partial charge in [-0.05, 0) is 12.8 Å². The van der Waals surface area contributed by atoms with Gasteiger partial charge in [0.05, 0.1) is 12.6 Å². The van der Waals surface area contributed by atoms with Gasteiger partial charge in [0, 0.05) is 38.4 Å². The molecule has 2 heterocycles. The first-order chi connectivity index (χ1) is 9.90. The Kier molecular flexibility index (Phi) is 4.96. The van der Waals surface area contributed by atoms with Crippen molar-refractivity contribution in [3.8, 4) is 0 Å². The molecule has 2 rings (SSSR count). The van der Waals surface area contributed by atoms with Crippen molar-refractivity contribution in [2.75, 3.05) is 25.9 Å². The highest BCUT2D eigenvalue weighted by molar-refractivity contribution is 7.88. The molecule has 9 heteroatoms. The molecule has 0 atom stereocenters. The molecule has 8 nitrogen and oxygen atoms in total. The summed E-state index contributed by atoms with van der Waals surface area (Å²) in [5.41, 5.74) is 5.80. The highest BCUT2D eigenvalue weighted by Gasteiger charge is 2.26. The second-order valence-corrected chi connectivity index (χ2v) is 7.18. The second kappa shape index (κ2) is 6.54. The summed E-state index contributed by atoms with van der Waals surface area (Å²) >= 11 is 0. The van der Waals surface area contributed by atoms with Crippen LogP contribution < -0.4 is 11.1 Å². The summed E-state index contributed by atoms with van der Waals surface area (Å²) in [4.78, 5) is 16.1. The fourth-order valence-electron chi connectivity index (χ4n) is 2.34. The molecule has 0 radical (unpaired) electrons. The SMILES string of the molecule is CS(=O)(=O)N1CCC(NC(=O)c2cn(CCN)cn2)CC1. The number of carbonyl (C=O) groups is 1. The molecule has 21 heavy (non-hydrogen) atoms. The summed E-state index contributed by atoms with van der Waals surface area (Å²) in [6, 6.07) is -0.0184. The van der Waals surface area contributed by atoms with E-state index < -0.39 is 10.0 Å². The number of nitrogens with zero attached hydrogens (tertiary/aromatic N) is 3. The Hall–Kier alpha value is -1.45. The van der Waals surface area contributed by atoms with Gasteiger partial charge in [0.25, 0.3) is 5.91 Å². The number of sulfonamides is 1. The average molecular weight is 315 g/mol. The molecule has 1 fully saturated rings. The third kappa shape index (κ3) is 4.26. The van der Waals surface area contributed by atoms with Crippen LogP contribution in [0, 0.1) is 0 Å². The molecule has 0 bridgehead atoms. The van der Waals surface area contributed by atoms with Crippen LogP contribution in [0.25, 0.3) is 0 Å². The predicted octanol–water partition coefficient (Wildman–Crippen LogP) is -1.00. The van der Waals surface area contributed by atoms with E-state index in [0.717, 1.165) is 0 Å². The lowest BCUT2D eigenvalue weighted by Gasteiger charge is -2.30. The minimum atomic E-state index is -3.14. The Bertz CT molecular complexity index is 590. The van der Waals surface area contributed by atoms with E-state index in [1.807, 2.05) is 0 Å². The molecule has 0 spiro atoms. The average Bonchev–Trinajstić information content (AvgIpc) is 2.87. The van der Waals surface area contributed by atoms with Crippen LogP contribution >= 0.6 is 0 Å². The van der Waals surface area contributed by atoms with Crippen LogP contribution in [0.2, 0.25) is 0 Å². The Morgan fingerprint density at radius 3 is 2.71 bits per heavy atom. The Morgan fingerprint density at radius 1 is 1.48 bits per heavy atom. The van der Waals surface area contributed by atoms with Gasteiger partial charge in [-0.2, -0.15) is 0 Å². The summed E-state index contributed by atoms with van der Waals surface area (Å²) in [5.74, 6) is -0.233. The van der Waals surface area contributed by atoms with Gasteiger partial charge < -0.3 is 15.6 Å². The van der Waals surface area contributed by atoms with E-state index in [1.165, 1.54) is 10.6 Å². The first-order valence-corrected chi connectivity index (χ1v) is 8.73. The molecule has 118 valence electrons. The molecular formula is C12H21N5O3S. The number of hydrogen-bond donors (Lipinski definition) is 2. The van der Waals surface area contributed by atoms with Gasteiger partial charge in [0.15, 0.2) is 0 Å². The molecule has 1 aliphatic heterocycles. The van der Waals surface area contributed by atoms with Crippen molar-refractivity contribution in [3.05, 3.63) is 18.2 Å². The zero-order chi connectivity index (χ0) is 15.5. The summed E-state index contributed by atoms with van der Waals surface area (Å²) in [6.07, 6.45) is 5.67. The first kappa shape index (κ1) is 15.9. The Balaban J connectivity index is 1.86. The van der Waals surface area contributed by atoms with Gasteiger partial charge in [0.2, 0.25) is 10.0 Å². The van der Waals surface area contributed by atoms with E-state index in [0.29, 0.717) is 44.7 Å². The van der Waals surface area contributed by atoms with Gasteiger partial charge in [0.1, 0.15) is 5.69 Å². The molecule has 0 saturated carbocycles. The van der Waals surface area contributed by atoms with Crippen LogP contribution in [0.15, 0.2) is 12.5 Å². The molecule has 1 aromatic heterocycles. The van der Waals surface area contributed by atoms with E-state index in [1.54, 1.807) is 17.1 Å². The van der Waals surface area contributed by atoms with E-state index >= 15 is 0 Å². The van der Waals surface area contributed by atoms with Crippen LogP contribution in [-0.2, 0) is 16.6 Å². The standard InChI is InChI=1S/C12H21N5O3S/c1-21(19,20)17-5-2-10(3-6-17)15-12(18)11-8-16(7-4-13)9-14-11/h8-10H,2-7,13H2,1H3,(H,15,18). The van der Waals surface area contributed by atoms with E-state index in [9.17, 15) is 13.2 Å². The minimum absolute atomic E-state index is 0.0184. The lowest BCUT2D eigenvalue weighted by molar-refractivity contribution is 0.0919. The molecule has 1 amide bonds. The largest absolute Gasteiger partial charge is 0.348 e. The number of nitrogens with one attached hydrogen (secondary N) is 1. The predicted molar refractivity (Wildman–Crippen MR) is 78.2 cm³/mol. The van der Waals surface area contributed by atoms with Crippen LogP contribution in [0.1, 0.15) is 23.3 Å². The van der Waals surface area contributed by atoms with Crippen LogP contribution in [0.4, 0.5) is 0 Å². The van der Waals surface area contributed by atoms with E-state index in [-0.39, 0.29) is 11.9 Å². The Morgan fingerprint density at radius 2 is 2.14 bits per heavy atom. The number of carbonyl (C=O) groups excluding carboxylic acids is 1. The number of aromatic nitrogens is 2. The third-order valence-corrected chi connectivity index (χ3v) is 4.81. The maximum Gasteiger partial charge on any atom is 0.271 e. The molecular weight excluding hydrogens is 294 g/mol. The zero-order valence-electron chi connectivity index (χ0n) is 12.0. The summed E-state index contributed by atoms with van der Waals surface area (Å²) < 4.78 is 26.0. The maximum absolute atomic E-state index is 12.1. The molecule has 0 aromatic carbocycles. The van der Waals surface area contributed by atoms with Gasteiger partial charge in [-0.3, -0.25) is 4.79 Å². The number of amides is 1. The van der Waals surface area contributed by atoms with Crippen LogP contribution in [0.5, 0.6) is 0 Å². The number of piperidine rings is 1. The van der Waals surface area contributed by atoms with Gasteiger partial charge in [-0.15, -0.1) is 0 Å². The monoisotopic (exact) mass is 315 g/mol. The summed E-state index contributed by atoms with van der Waals surface area (Å²) in [5, 5.41) is 2.90. The minimum Gasteiger partial charge on any atom is -0.348 e. The highest BCUT2D eigenvalue weighted by Crippen LogP contribution is 2.13. The van der Waals surface area contributed by atoms with Crippen molar-refractivity contribution in [1.29, 1.82) is 0 Å². The molecule has 3 N–H and O–H groups in total. The lowest BCUT2D eigenvalue weighted by atomic mass is 10.1. The van der Waals surface area contributed by atoms with Crippen LogP contribution in [0.3, 0.4) is 0 Å². The normalized spacial score (nSPS) is 17.8. The zero-order valence-corrected chi connectivity index (χ0v) is 12.8. The first-order valence-electron chi connectivity index (χ1n) is 6.88. The van der Waals surface area contributed by atoms with Crippen LogP contribution in [-0.4, -0.2) is 60.1 Å². The number of nitrogens with two attached hydrogens (primary N) is 1. The Labute approximate surface area is 124 Å². The molecule has 1 saturated heterocycles. The van der Waals surface area contributed by atoms with E-state index in [4.69, 9.17) is 5.73 Å². The van der Waals surface area contributed by atoms with Crippen molar-refractivity contribution >= 4 is 15.9 Å². The molecule has 1 aromatic rings. The van der Waals surface area contributed by atoms with Crippen molar-refractivity contribution in [2.45, 2.75) is 25.4 Å². The van der Waals surface area contributed by atoms with Gasteiger partial charge >= 0.3 is 0 Å². The van der Waals surface area contributed by atoms with E-state index in [2.05, 4.69) is 10.3 Å². The summed E-state index contributed by atoms with van der Waals surface area (Å²) in [7, 11) is -3.14. The fourth-order valence-corrected chi connectivity index (χ4v) is 3.21. The van der Waals surface area contributed by atoms with Crippen molar-refractivity contribution < 1.29 is 13.2 Å². The summed E-state index contributed by atoms with van der Waals surface area (Å²) in [6.45, 7) is 1.98. The highest BCUT2D eigenvalue weighted by atomic mass is 32.2. The van der Waals surface area contributed by atoms with Gasteiger partial charge in [-0.1, -0.05) is 0 Å². The van der Waals surface area contributed by atoms with Gasteiger partial charge in [-0.25, -0.2) is 17.7 Å². The topological polar surface area (TPSA) is 110 Å². The van der Waals surface area contributed by atoms with Crippen molar-refractivity contribution in [1.82, 2.24) is 19.2 Å². The molecule has 0 unspecified atom stereocenters. The second-order valence-electron chi connectivity index (χ2n) is 5.20.